The first kappa shape index (κ1) is 18.8. The second-order valence-corrected chi connectivity index (χ2v) is 8.28. The third-order valence-electron chi connectivity index (χ3n) is 5.30. The molecule has 1 aromatic heterocycles. The smallest absolute Gasteiger partial charge is 0.327 e. The van der Waals surface area contributed by atoms with Gasteiger partial charge in [0.1, 0.15) is 10.4 Å². The number of carbonyl (C=O) groups is 3. The summed E-state index contributed by atoms with van der Waals surface area (Å²) in [5.74, 6) is 0.144. The lowest BCUT2D eigenvalue weighted by Gasteiger charge is -2.42. The maximum atomic E-state index is 13.0. The van der Waals surface area contributed by atoms with Crippen LogP contribution in [0.1, 0.15) is 49.0 Å². The van der Waals surface area contributed by atoms with Crippen LogP contribution in [-0.2, 0) is 4.79 Å². The zero-order chi connectivity index (χ0) is 19.1. The highest BCUT2D eigenvalue weighted by molar-refractivity contribution is 7.11. The molecule has 1 spiro atoms. The van der Waals surface area contributed by atoms with Gasteiger partial charge >= 0.3 is 6.03 Å². The first-order valence-corrected chi connectivity index (χ1v) is 10.0. The van der Waals surface area contributed by atoms with Crippen LogP contribution in [0, 0.1) is 12.8 Å². The number of likely N-dealkylation sites (tertiary alicyclic amines) is 1. The molecule has 0 atom stereocenters. The Bertz CT molecular complexity index is 722. The highest BCUT2D eigenvalue weighted by Crippen LogP contribution is 2.38. The lowest BCUT2D eigenvalue weighted by Crippen LogP contribution is -2.58. The number of amides is 4. The van der Waals surface area contributed by atoms with Gasteiger partial charge in [-0.3, -0.25) is 14.5 Å². The summed E-state index contributed by atoms with van der Waals surface area (Å²) < 4.78 is 0. The highest BCUT2D eigenvalue weighted by Gasteiger charge is 2.57. The summed E-state index contributed by atoms with van der Waals surface area (Å²) in [7, 11) is 0. The van der Waals surface area contributed by atoms with E-state index in [0.717, 1.165) is 5.69 Å². The van der Waals surface area contributed by atoms with Crippen molar-refractivity contribution in [3.05, 3.63) is 16.1 Å². The molecule has 0 unspecified atom stereocenters. The molecule has 0 saturated carbocycles. The van der Waals surface area contributed by atoms with E-state index in [9.17, 15) is 14.4 Å². The summed E-state index contributed by atoms with van der Waals surface area (Å²) in [5.41, 5.74) is 1.62. The largest absolute Gasteiger partial charge is 0.338 e. The van der Waals surface area contributed by atoms with Gasteiger partial charge in [-0.05, 0) is 32.6 Å². The SMILES string of the molecule is CCN1C(=O)N(CC(C)C)C2(CCN(C(=O)c3scnc3C)CC2)C1=O. The fraction of sp³-hybridized carbons (Fsp3) is 0.667. The topological polar surface area (TPSA) is 73.8 Å². The number of thiazole rings is 1. The van der Waals surface area contributed by atoms with Gasteiger partial charge in [-0.25, -0.2) is 9.78 Å². The summed E-state index contributed by atoms with van der Waals surface area (Å²) in [6, 6.07) is -0.190. The number of imide groups is 1. The Hall–Kier alpha value is -1.96. The van der Waals surface area contributed by atoms with Crippen molar-refractivity contribution in [2.75, 3.05) is 26.2 Å². The molecule has 3 heterocycles. The van der Waals surface area contributed by atoms with E-state index >= 15 is 0 Å². The first-order chi connectivity index (χ1) is 12.3. The van der Waals surface area contributed by atoms with Crippen LogP contribution in [0.25, 0.3) is 0 Å². The predicted octanol–water partition coefficient (Wildman–Crippen LogP) is 2.37. The third-order valence-corrected chi connectivity index (χ3v) is 6.22. The average Bonchev–Trinajstić information content (AvgIpc) is 3.11. The Labute approximate surface area is 158 Å². The summed E-state index contributed by atoms with van der Waals surface area (Å²) >= 11 is 1.35. The van der Waals surface area contributed by atoms with Crippen molar-refractivity contribution < 1.29 is 14.4 Å². The van der Waals surface area contributed by atoms with Crippen LogP contribution >= 0.6 is 11.3 Å². The maximum absolute atomic E-state index is 13.0. The van der Waals surface area contributed by atoms with Crippen LogP contribution in [0.4, 0.5) is 4.79 Å². The number of likely N-dealkylation sites (N-methyl/N-ethyl adjacent to an activating group) is 1. The van der Waals surface area contributed by atoms with Gasteiger partial charge in [0.05, 0.1) is 11.2 Å². The number of aromatic nitrogens is 1. The van der Waals surface area contributed by atoms with Crippen LogP contribution < -0.4 is 0 Å². The molecule has 2 fully saturated rings. The average molecular weight is 378 g/mol. The minimum atomic E-state index is -0.795. The quantitative estimate of drug-likeness (QED) is 0.754. The molecule has 8 heteroatoms. The number of hydrogen-bond acceptors (Lipinski definition) is 5. The Balaban J connectivity index is 1.80. The van der Waals surface area contributed by atoms with Crippen molar-refractivity contribution in [2.24, 2.45) is 5.92 Å². The van der Waals surface area contributed by atoms with Crippen molar-refractivity contribution in [1.82, 2.24) is 19.7 Å². The van der Waals surface area contributed by atoms with Gasteiger partial charge in [-0.1, -0.05) is 13.8 Å². The van der Waals surface area contributed by atoms with E-state index in [2.05, 4.69) is 4.98 Å². The molecular formula is C18H26N4O3S. The van der Waals surface area contributed by atoms with Gasteiger partial charge in [0.15, 0.2) is 0 Å². The molecule has 7 nitrogen and oxygen atoms in total. The molecule has 4 amide bonds. The summed E-state index contributed by atoms with van der Waals surface area (Å²) in [4.78, 5) is 48.2. The zero-order valence-corrected chi connectivity index (χ0v) is 16.6. The number of piperidine rings is 1. The van der Waals surface area contributed by atoms with Crippen LogP contribution in [0.2, 0.25) is 0 Å². The molecule has 0 aromatic carbocycles. The Kier molecular flexibility index (Phi) is 5.05. The molecule has 0 bridgehead atoms. The summed E-state index contributed by atoms with van der Waals surface area (Å²) in [6.07, 6.45) is 0.981. The van der Waals surface area contributed by atoms with E-state index in [1.807, 2.05) is 27.7 Å². The number of rotatable bonds is 4. The fourth-order valence-corrected chi connectivity index (χ4v) is 4.66. The van der Waals surface area contributed by atoms with Crippen LogP contribution in [0.5, 0.6) is 0 Å². The molecule has 2 aliphatic rings. The molecular weight excluding hydrogens is 352 g/mol. The molecule has 0 radical (unpaired) electrons. The molecule has 26 heavy (non-hydrogen) atoms. The van der Waals surface area contributed by atoms with Crippen LogP contribution in [0.15, 0.2) is 5.51 Å². The molecule has 0 N–H and O–H groups in total. The van der Waals surface area contributed by atoms with Crippen molar-refractivity contribution in [1.29, 1.82) is 0 Å². The van der Waals surface area contributed by atoms with E-state index in [4.69, 9.17) is 0 Å². The molecule has 0 aliphatic carbocycles. The monoisotopic (exact) mass is 378 g/mol. The molecule has 1 aromatic rings. The first-order valence-electron chi connectivity index (χ1n) is 9.14. The maximum Gasteiger partial charge on any atom is 0.327 e. The molecule has 142 valence electrons. The van der Waals surface area contributed by atoms with E-state index in [1.165, 1.54) is 16.2 Å². The molecule has 2 aliphatic heterocycles. The van der Waals surface area contributed by atoms with E-state index < -0.39 is 5.54 Å². The van der Waals surface area contributed by atoms with E-state index in [0.29, 0.717) is 43.9 Å². The van der Waals surface area contributed by atoms with Gasteiger partial charge in [0.2, 0.25) is 0 Å². The second-order valence-electron chi connectivity index (χ2n) is 7.43. The normalized spacial score (nSPS) is 20.0. The molecule has 3 rings (SSSR count). The van der Waals surface area contributed by atoms with Gasteiger partial charge in [0, 0.05) is 26.2 Å². The van der Waals surface area contributed by atoms with Gasteiger partial charge in [-0.15, -0.1) is 11.3 Å². The number of hydrogen-bond donors (Lipinski definition) is 0. The summed E-state index contributed by atoms with van der Waals surface area (Å²) in [5, 5.41) is 0. The third kappa shape index (κ3) is 2.90. The minimum absolute atomic E-state index is 0.0284. The number of carbonyl (C=O) groups excluding carboxylic acids is 3. The molecule has 2 saturated heterocycles. The lowest BCUT2D eigenvalue weighted by molar-refractivity contribution is -0.135. The highest BCUT2D eigenvalue weighted by atomic mass is 32.1. The Morgan fingerprint density at radius 2 is 1.96 bits per heavy atom. The number of urea groups is 1. The van der Waals surface area contributed by atoms with Crippen molar-refractivity contribution in [3.8, 4) is 0 Å². The standard InChI is InChI=1S/C18H26N4O3S/c1-5-21-16(24)18(22(17(21)25)10-12(2)3)6-8-20(9-7-18)15(23)14-13(4)19-11-26-14/h11-12H,5-10H2,1-4H3. The zero-order valence-electron chi connectivity index (χ0n) is 15.8. The number of nitrogens with zero attached hydrogens (tertiary/aromatic N) is 4. The van der Waals surface area contributed by atoms with Crippen LogP contribution in [0.3, 0.4) is 0 Å². The summed E-state index contributed by atoms with van der Waals surface area (Å²) in [6.45, 7) is 9.64. The fourth-order valence-electron chi connectivity index (χ4n) is 3.89. The van der Waals surface area contributed by atoms with Gasteiger partial charge in [0.25, 0.3) is 11.8 Å². The Morgan fingerprint density at radius 3 is 2.46 bits per heavy atom. The predicted molar refractivity (Wildman–Crippen MR) is 99.0 cm³/mol. The van der Waals surface area contributed by atoms with Crippen molar-refractivity contribution in [2.45, 2.75) is 46.1 Å². The van der Waals surface area contributed by atoms with E-state index in [-0.39, 0.29) is 23.8 Å². The van der Waals surface area contributed by atoms with Crippen LogP contribution in [-0.4, -0.2) is 69.2 Å². The minimum Gasteiger partial charge on any atom is -0.338 e. The lowest BCUT2D eigenvalue weighted by atomic mass is 9.85. The van der Waals surface area contributed by atoms with Crippen molar-refractivity contribution >= 4 is 29.2 Å². The van der Waals surface area contributed by atoms with Gasteiger partial charge < -0.3 is 9.80 Å². The Morgan fingerprint density at radius 1 is 1.31 bits per heavy atom. The second kappa shape index (κ2) is 6.98. The van der Waals surface area contributed by atoms with Crippen molar-refractivity contribution in [3.63, 3.8) is 0 Å². The van der Waals surface area contributed by atoms with Gasteiger partial charge in [-0.2, -0.15) is 0 Å². The van der Waals surface area contributed by atoms with E-state index in [1.54, 1.807) is 15.3 Å². The number of aryl methyl sites for hydroxylation is 1.